The van der Waals surface area contributed by atoms with Gasteiger partial charge in [0, 0.05) is 6.54 Å². The summed E-state index contributed by atoms with van der Waals surface area (Å²) in [5, 5.41) is 11.1. The molecule has 0 radical (unpaired) electrons. The van der Waals surface area contributed by atoms with Gasteiger partial charge in [0.2, 0.25) is 0 Å². The second-order valence-corrected chi connectivity index (χ2v) is 3.52. The average Bonchev–Trinajstić information content (AvgIpc) is 2.90. The maximum absolute atomic E-state index is 5.58. The number of hydrogen-bond acceptors (Lipinski definition) is 3. The summed E-state index contributed by atoms with van der Waals surface area (Å²) in [6.07, 6.45) is 7.32. The SMILES string of the molecule is NCc1cnnc(-c2c[nH][n+]3cc[nH]c23)c1. The molecule has 3 rings (SSSR count). The molecule has 0 spiro atoms. The Kier molecular flexibility index (Phi) is 1.94. The van der Waals surface area contributed by atoms with Crippen molar-refractivity contribution in [3.63, 3.8) is 0 Å². The highest BCUT2D eigenvalue weighted by Crippen LogP contribution is 2.18. The predicted octanol–water partition coefficient (Wildman–Crippen LogP) is -0.00280. The van der Waals surface area contributed by atoms with E-state index in [9.17, 15) is 0 Å². The van der Waals surface area contributed by atoms with Gasteiger partial charge in [0.25, 0.3) is 0 Å². The highest BCUT2D eigenvalue weighted by Gasteiger charge is 2.14. The summed E-state index contributed by atoms with van der Waals surface area (Å²) >= 11 is 0. The molecule has 16 heavy (non-hydrogen) atoms. The molecule has 0 fully saturated rings. The van der Waals surface area contributed by atoms with Gasteiger partial charge >= 0.3 is 5.65 Å². The summed E-state index contributed by atoms with van der Waals surface area (Å²) in [5.41, 5.74) is 9.29. The standard InChI is InChI=1S/C10H10N6/c11-4-7-3-9(15-13-5-7)8-6-14-16-2-1-12-10(8)16/h1-3,5-6H,4,11H2,(H,12,14,15)/p+1. The van der Waals surface area contributed by atoms with Crippen LogP contribution < -0.4 is 10.2 Å². The fraction of sp³-hybridized carbons (Fsp3) is 0.100. The Morgan fingerprint density at radius 3 is 3.25 bits per heavy atom. The van der Waals surface area contributed by atoms with Crippen LogP contribution in [-0.2, 0) is 6.54 Å². The molecule has 4 N–H and O–H groups in total. The van der Waals surface area contributed by atoms with Gasteiger partial charge in [0.05, 0.1) is 12.4 Å². The molecule has 0 unspecified atom stereocenters. The highest BCUT2D eigenvalue weighted by molar-refractivity contribution is 5.71. The molecule has 0 aliphatic carbocycles. The molecule has 3 aromatic rings. The number of rotatable bonds is 2. The van der Waals surface area contributed by atoms with Crippen LogP contribution in [0.2, 0.25) is 0 Å². The zero-order chi connectivity index (χ0) is 11.0. The van der Waals surface area contributed by atoms with E-state index in [0.29, 0.717) is 6.54 Å². The Balaban J connectivity index is 2.19. The molecule has 3 aromatic heterocycles. The number of hydrogen-bond donors (Lipinski definition) is 3. The summed E-state index contributed by atoms with van der Waals surface area (Å²) in [6.45, 7) is 0.466. The minimum Gasteiger partial charge on any atom is -0.326 e. The highest BCUT2D eigenvalue weighted by atomic mass is 15.3. The van der Waals surface area contributed by atoms with E-state index in [-0.39, 0.29) is 0 Å². The molecule has 0 amide bonds. The monoisotopic (exact) mass is 215 g/mol. The minimum absolute atomic E-state index is 0.466. The van der Waals surface area contributed by atoms with Crippen molar-refractivity contribution in [1.82, 2.24) is 20.3 Å². The molecule has 0 aromatic carbocycles. The number of nitrogens with zero attached hydrogens (tertiary/aromatic N) is 3. The van der Waals surface area contributed by atoms with Crippen LogP contribution >= 0.6 is 0 Å². The van der Waals surface area contributed by atoms with E-state index < -0.39 is 0 Å². The first-order chi connectivity index (χ1) is 7.88. The van der Waals surface area contributed by atoms with E-state index in [1.54, 1.807) is 6.20 Å². The lowest BCUT2D eigenvalue weighted by Gasteiger charge is -1.97. The first-order valence-corrected chi connectivity index (χ1v) is 4.96. The lowest BCUT2D eigenvalue weighted by Crippen LogP contribution is -2.18. The van der Waals surface area contributed by atoms with Crippen molar-refractivity contribution in [2.75, 3.05) is 0 Å². The van der Waals surface area contributed by atoms with E-state index in [1.807, 2.05) is 29.2 Å². The predicted molar refractivity (Wildman–Crippen MR) is 57.2 cm³/mol. The van der Waals surface area contributed by atoms with Crippen LogP contribution in [0.3, 0.4) is 0 Å². The Hall–Kier alpha value is -2.21. The molecule has 80 valence electrons. The van der Waals surface area contributed by atoms with Crippen molar-refractivity contribution < 1.29 is 4.52 Å². The molecular weight excluding hydrogens is 204 g/mol. The van der Waals surface area contributed by atoms with Gasteiger partial charge in [-0.3, -0.25) is 0 Å². The van der Waals surface area contributed by atoms with Crippen LogP contribution in [0, 0.1) is 0 Å². The lowest BCUT2D eigenvalue weighted by molar-refractivity contribution is -0.574. The Morgan fingerprint density at radius 1 is 1.44 bits per heavy atom. The van der Waals surface area contributed by atoms with Gasteiger partial charge in [-0.25, -0.2) is 10.1 Å². The number of aromatic amines is 2. The number of aromatic nitrogens is 5. The third-order valence-electron chi connectivity index (χ3n) is 2.51. The van der Waals surface area contributed by atoms with Crippen LogP contribution in [0.5, 0.6) is 0 Å². The van der Waals surface area contributed by atoms with Gasteiger partial charge in [0.15, 0.2) is 6.20 Å². The molecule has 0 atom stereocenters. The van der Waals surface area contributed by atoms with Crippen molar-refractivity contribution >= 4 is 5.65 Å². The first-order valence-electron chi connectivity index (χ1n) is 4.96. The van der Waals surface area contributed by atoms with Crippen LogP contribution in [0.1, 0.15) is 5.56 Å². The summed E-state index contributed by atoms with van der Waals surface area (Å²) in [7, 11) is 0. The van der Waals surface area contributed by atoms with Crippen molar-refractivity contribution in [2.45, 2.75) is 6.54 Å². The minimum atomic E-state index is 0.466. The molecule has 6 heteroatoms. The van der Waals surface area contributed by atoms with Gasteiger partial charge < -0.3 is 5.73 Å². The number of nitrogens with two attached hydrogens (primary N) is 1. The third kappa shape index (κ3) is 1.28. The summed E-state index contributed by atoms with van der Waals surface area (Å²) in [5.74, 6) is 0. The van der Waals surface area contributed by atoms with Crippen molar-refractivity contribution in [1.29, 1.82) is 0 Å². The van der Waals surface area contributed by atoms with Crippen LogP contribution in [0.4, 0.5) is 0 Å². The second-order valence-electron chi connectivity index (χ2n) is 3.52. The van der Waals surface area contributed by atoms with Gasteiger partial charge in [-0.15, -0.1) is 4.52 Å². The number of fused-ring (bicyclic) bond motifs is 1. The van der Waals surface area contributed by atoms with Gasteiger partial charge in [-0.1, -0.05) is 0 Å². The van der Waals surface area contributed by atoms with Crippen LogP contribution in [0.15, 0.2) is 30.9 Å². The Morgan fingerprint density at radius 2 is 2.38 bits per heavy atom. The third-order valence-corrected chi connectivity index (χ3v) is 2.51. The molecule has 0 saturated carbocycles. The van der Waals surface area contributed by atoms with E-state index in [0.717, 1.165) is 22.5 Å². The van der Waals surface area contributed by atoms with Gasteiger partial charge in [-0.2, -0.15) is 10.2 Å². The molecule has 0 saturated heterocycles. The van der Waals surface area contributed by atoms with E-state index in [2.05, 4.69) is 20.3 Å². The maximum atomic E-state index is 5.58. The second kappa shape index (κ2) is 3.42. The molecule has 0 bridgehead atoms. The summed E-state index contributed by atoms with van der Waals surface area (Å²) in [6, 6.07) is 1.94. The van der Waals surface area contributed by atoms with E-state index in [1.165, 1.54) is 0 Å². The quantitative estimate of drug-likeness (QED) is 0.526. The lowest BCUT2D eigenvalue weighted by atomic mass is 10.2. The normalized spacial score (nSPS) is 11.1. The van der Waals surface area contributed by atoms with E-state index in [4.69, 9.17) is 5.73 Å². The summed E-state index contributed by atoms with van der Waals surface area (Å²) < 4.78 is 1.88. The zero-order valence-corrected chi connectivity index (χ0v) is 8.51. The van der Waals surface area contributed by atoms with Gasteiger partial charge in [0.1, 0.15) is 17.5 Å². The molecule has 6 nitrogen and oxygen atoms in total. The Labute approximate surface area is 91.1 Å². The topological polar surface area (TPSA) is 87.5 Å². The average molecular weight is 215 g/mol. The molecular formula is C10H11N6+. The smallest absolute Gasteiger partial charge is 0.314 e. The molecule has 3 heterocycles. The number of H-pyrrole nitrogens is 2. The largest absolute Gasteiger partial charge is 0.326 e. The fourth-order valence-electron chi connectivity index (χ4n) is 1.70. The van der Waals surface area contributed by atoms with Crippen LogP contribution in [-0.4, -0.2) is 20.3 Å². The van der Waals surface area contributed by atoms with Crippen molar-refractivity contribution in [3.8, 4) is 11.3 Å². The summed E-state index contributed by atoms with van der Waals surface area (Å²) in [4.78, 5) is 3.14. The van der Waals surface area contributed by atoms with Gasteiger partial charge in [-0.05, 0) is 11.6 Å². The first kappa shape index (κ1) is 9.05. The fourth-order valence-corrected chi connectivity index (χ4v) is 1.70. The number of nitrogens with one attached hydrogen (secondary N) is 2. The van der Waals surface area contributed by atoms with Crippen LogP contribution in [0.25, 0.3) is 16.9 Å². The van der Waals surface area contributed by atoms with Crippen molar-refractivity contribution in [2.24, 2.45) is 5.73 Å². The van der Waals surface area contributed by atoms with Crippen molar-refractivity contribution in [3.05, 3.63) is 36.4 Å². The van der Waals surface area contributed by atoms with E-state index >= 15 is 0 Å². The Bertz CT molecular complexity index is 623. The number of imidazole rings is 1. The molecule has 0 aliphatic heterocycles. The maximum Gasteiger partial charge on any atom is 0.314 e. The molecule has 0 aliphatic rings. The zero-order valence-electron chi connectivity index (χ0n) is 8.51.